The van der Waals surface area contributed by atoms with Crippen LogP contribution in [0, 0.1) is 0 Å². The van der Waals surface area contributed by atoms with Crippen molar-refractivity contribution >= 4 is 27.6 Å². The SMILES string of the molecule is CCN(C)C(=O)Nc1ccc(Br)cc1. The Morgan fingerprint density at radius 1 is 1.43 bits per heavy atom. The van der Waals surface area contributed by atoms with Gasteiger partial charge in [0.2, 0.25) is 0 Å². The Bertz CT molecular complexity index is 310. The highest BCUT2D eigenvalue weighted by Crippen LogP contribution is 2.14. The quantitative estimate of drug-likeness (QED) is 0.867. The van der Waals surface area contributed by atoms with Crippen LogP contribution in [0.15, 0.2) is 28.7 Å². The van der Waals surface area contributed by atoms with E-state index in [0.29, 0.717) is 6.54 Å². The van der Waals surface area contributed by atoms with Crippen molar-refractivity contribution < 1.29 is 4.79 Å². The molecule has 0 atom stereocenters. The standard InChI is InChI=1S/C10H13BrN2O/c1-3-13(2)10(14)12-9-6-4-8(11)5-7-9/h4-7H,3H2,1-2H3,(H,12,14). The lowest BCUT2D eigenvalue weighted by Gasteiger charge is -2.15. The van der Waals surface area contributed by atoms with Gasteiger partial charge in [-0.3, -0.25) is 0 Å². The van der Waals surface area contributed by atoms with Crippen LogP contribution in [-0.4, -0.2) is 24.5 Å². The zero-order chi connectivity index (χ0) is 10.6. The van der Waals surface area contributed by atoms with E-state index in [4.69, 9.17) is 0 Å². The Balaban J connectivity index is 2.60. The van der Waals surface area contributed by atoms with Gasteiger partial charge in [0.1, 0.15) is 0 Å². The van der Waals surface area contributed by atoms with Crippen LogP contribution in [0.3, 0.4) is 0 Å². The zero-order valence-electron chi connectivity index (χ0n) is 8.25. The second kappa shape index (κ2) is 5.00. The minimum atomic E-state index is -0.0881. The van der Waals surface area contributed by atoms with Gasteiger partial charge in [0.05, 0.1) is 0 Å². The van der Waals surface area contributed by atoms with Crippen molar-refractivity contribution in [3.8, 4) is 0 Å². The third-order valence-electron chi connectivity index (χ3n) is 1.92. The Kier molecular flexibility index (Phi) is 3.95. The number of hydrogen-bond donors (Lipinski definition) is 1. The minimum absolute atomic E-state index is 0.0881. The first-order chi connectivity index (χ1) is 6.63. The molecule has 0 radical (unpaired) electrons. The first kappa shape index (κ1) is 11.0. The van der Waals surface area contributed by atoms with E-state index in [0.717, 1.165) is 10.2 Å². The number of rotatable bonds is 2. The number of hydrogen-bond acceptors (Lipinski definition) is 1. The predicted octanol–water partition coefficient (Wildman–Crippen LogP) is 2.93. The van der Waals surface area contributed by atoms with Gasteiger partial charge >= 0.3 is 6.03 Å². The fourth-order valence-corrected chi connectivity index (χ4v) is 1.16. The molecule has 14 heavy (non-hydrogen) atoms. The van der Waals surface area contributed by atoms with Crippen LogP contribution in [0.25, 0.3) is 0 Å². The molecule has 3 nitrogen and oxygen atoms in total. The molecule has 2 amide bonds. The highest BCUT2D eigenvalue weighted by atomic mass is 79.9. The Morgan fingerprint density at radius 2 is 2.00 bits per heavy atom. The van der Waals surface area contributed by atoms with E-state index >= 15 is 0 Å². The maximum Gasteiger partial charge on any atom is 0.321 e. The van der Waals surface area contributed by atoms with Crippen LogP contribution < -0.4 is 5.32 Å². The van der Waals surface area contributed by atoms with Gasteiger partial charge in [-0.25, -0.2) is 4.79 Å². The second-order valence-electron chi connectivity index (χ2n) is 2.95. The topological polar surface area (TPSA) is 32.3 Å². The number of benzene rings is 1. The Labute approximate surface area is 92.2 Å². The monoisotopic (exact) mass is 256 g/mol. The number of nitrogens with one attached hydrogen (secondary N) is 1. The number of amides is 2. The van der Waals surface area contributed by atoms with E-state index in [-0.39, 0.29) is 6.03 Å². The molecular weight excluding hydrogens is 244 g/mol. The van der Waals surface area contributed by atoms with Crippen molar-refractivity contribution in [1.29, 1.82) is 0 Å². The molecule has 4 heteroatoms. The van der Waals surface area contributed by atoms with Gasteiger partial charge in [0, 0.05) is 23.8 Å². The number of carbonyl (C=O) groups is 1. The highest BCUT2D eigenvalue weighted by Gasteiger charge is 2.05. The molecule has 0 saturated heterocycles. The van der Waals surface area contributed by atoms with Gasteiger partial charge in [-0.1, -0.05) is 15.9 Å². The molecule has 1 aromatic rings. The summed E-state index contributed by atoms with van der Waals surface area (Å²) in [6.45, 7) is 2.63. The average molecular weight is 257 g/mol. The number of nitrogens with zero attached hydrogens (tertiary/aromatic N) is 1. The minimum Gasteiger partial charge on any atom is -0.328 e. The summed E-state index contributed by atoms with van der Waals surface area (Å²) < 4.78 is 0.999. The number of carbonyl (C=O) groups excluding carboxylic acids is 1. The lowest BCUT2D eigenvalue weighted by atomic mass is 10.3. The summed E-state index contributed by atoms with van der Waals surface area (Å²) in [5.41, 5.74) is 0.804. The molecule has 1 rings (SSSR count). The first-order valence-electron chi connectivity index (χ1n) is 4.41. The molecule has 0 fully saturated rings. The van der Waals surface area contributed by atoms with Gasteiger partial charge in [-0.05, 0) is 31.2 Å². The van der Waals surface area contributed by atoms with Crippen molar-refractivity contribution in [3.63, 3.8) is 0 Å². The summed E-state index contributed by atoms with van der Waals surface area (Å²) in [5, 5.41) is 2.79. The van der Waals surface area contributed by atoms with E-state index in [2.05, 4.69) is 21.2 Å². The molecule has 0 aliphatic heterocycles. The van der Waals surface area contributed by atoms with Crippen molar-refractivity contribution in [1.82, 2.24) is 4.90 Å². The van der Waals surface area contributed by atoms with Gasteiger partial charge in [0.25, 0.3) is 0 Å². The zero-order valence-corrected chi connectivity index (χ0v) is 9.84. The smallest absolute Gasteiger partial charge is 0.321 e. The lowest BCUT2D eigenvalue weighted by molar-refractivity contribution is 0.224. The van der Waals surface area contributed by atoms with E-state index < -0.39 is 0 Å². The molecule has 1 aromatic carbocycles. The molecule has 1 N–H and O–H groups in total. The van der Waals surface area contributed by atoms with Crippen molar-refractivity contribution in [2.75, 3.05) is 18.9 Å². The van der Waals surface area contributed by atoms with E-state index in [1.807, 2.05) is 31.2 Å². The first-order valence-corrected chi connectivity index (χ1v) is 5.20. The number of anilines is 1. The van der Waals surface area contributed by atoms with Crippen molar-refractivity contribution in [2.45, 2.75) is 6.92 Å². The summed E-state index contributed by atoms with van der Waals surface area (Å²) in [6, 6.07) is 7.40. The number of urea groups is 1. The normalized spacial score (nSPS) is 9.64. The molecule has 0 aliphatic carbocycles. The van der Waals surface area contributed by atoms with Gasteiger partial charge in [-0.2, -0.15) is 0 Å². The molecule has 0 aromatic heterocycles. The molecule has 0 saturated carbocycles. The molecule has 0 bridgehead atoms. The van der Waals surface area contributed by atoms with Gasteiger partial charge in [-0.15, -0.1) is 0 Å². The predicted molar refractivity (Wildman–Crippen MR) is 61.5 cm³/mol. The molecule has 0 unspecified atom stereocenters. The van der Waals surface area contributed by atoms with Crippen LogP contribution in [-0.2, 0) is 0 Å². The van der Waals surface area contributed by atoms with E-state index in [9.17, 15) is 4.79 Å². The van der Waals surface area contributed by atoms with Crippen LogP contribution in [0.5, 0.6) is 0 Å². The van der Waals surface area contributed by atoms with Crippen LogP contribution in [0.4, 0.5) is 10.5 Å². The summed E-state index contributed by atoms with van der Waals surface area (Å²) >= 11 is 3.33. The van der Waals surface area contributed by atoms with Gasteiger partial charge in [0.15, 0.2) is 0 Å². The molecule has 76 valence electrons. The fraction of sp³-hybridized carbons (Fsp3) is 0.300. The molecule has 0 aliphatic rings. The molecule has 0 spiro atoms. The molecule has 0 heterocycles. The summed E-state index contributed by atoms with van der Waals surface area (Å²) in [4.78, 5) is 13.0. The van der Waals surface area contributed by atoms with Crippen molar-refractivity contribution in [2.24, 2.45) is 0 Å². The maximum absolute atomic E-state index is 11.4. The summed E-state index contributed by atoms with van der Waals surface area (Å²) in [5.74, 6) is 0. The third kappa shape index (κ3) is 3.03. The maximum atomic E-state index is 11.4. The second-order valence-corrected chi connectivity index (χ2v) is 3.87. The van der Waals surface area contributed by atoms with Crippen LogP contribution >= 0.6 is 15.9 Å². The van der Waals surface area contributed by atoms with Crippen LogP contribution in [0.2, 0.25) is 0 Å². The van der Waals surface area contributed by atoms with Crippen molar-refractivity contribution in [3.05, 3.63) is 28.7 Å². The van der Waals surface area contributed by atoms with E-state index in [1.54, 1.807) is 11.9 Å². The summed E-state index contributed by atoms with van der Waals surface area (Å²) in [7, 11) is 1.76. The molecular formula is C10H13BrN2O. The summed E-state index contributed by atoms with van der Waals surface area (Å²) in [6.07, 6.45) is 0. The van der Waals surface area contributed by atoms with Crippen LogP contribution in [0.1, 0.15) is 6.92 Å². The third-order valence-corrected chi connectivity index (χ3v) is 2.45. The fourth-order valence-electron chi connectivity index (χ4n) is 0.896. The van der Waals surface area contributed by atoms with Gasteiger partial charge < -0.3 is 10.2 Å². The lowest BCUT2D eigenvalue weighted by Crippen LogP contribution is -2.30. The Hall–Kier alpha value is -1.03. The highest BCUT2D eigenvalue weighted by molar-refractivity contribution is 9.10. The Morgan fingerprint density at radius 3 is 2.50 bits per heavy atom. The van der Waals surface area contributed by atoms with E-state index in [1.165, 1.54) is 0 Å². The average Bonchev–Trinajstić information content (AvgIpc) is 2.20. The largest absolute Gasteiger partial charge is 0.328 e. The number of halogens is 1.